The predicted molar refractivity (Wildman–Crippen MR) is 180 cm³/mol. The SMILES string of the molecule is CCC(C)(C)C(=O)Oc1ccc(O)cc1.CCC(C)C(=O)OC1CC2CCC1(C)C2(C)C.CCC(C)C(=O)OCC1(CC)COC1. The first kappa shape index (κ1) is 39.6. The van der Waals surface area contributed by atoms with E-state index >= 15 is 0 Å². The highest BCUT2D eigenvalue weighted by Crippen LogP contribution is 2.66. The van der Waals surface area contributed by atoms with Gasteiger partial charge in [-0.2, -0.15) is 0 Å². The Labute approximate surface area is 278 Å². The minimum Gasteiger partial charge on any atom is -0.508 e. The highest BCUT2D eigenvalue weighted by molar-refractivity contribution is 5.78. The molecule has 1 aliphatic heterocycles. The molecule has 5 unspecified atom stereocenters. The van der Waals surface area contributed by atoms with Crippen molar-refractivity contribution in [1.82, 2.24) is 0 Å². The number of esters is 3. The third-order valence-electron chi connectivity index (χ3n) is 11.6. The fraction of sp³-hybridized carbons (Fsp3) is 0.763. The van der Waals surface area contributed by atoms with Crippen molar-refractivity contribution in [3.63, 3.8) is 0 Å². The summed E-state index contributed by atoms with van der Waals surface area (Å²) < 4.78 is 21.4. The maximum atomic E-state index is 11.9. The Bertz CT molecular complexity index is 1130. The van der Waals surface area contributed by atoms with E-state index in [1.807, 2.05) is 48.5 Å². The maximum Gasteiger partial charge on any atom is 0.316 e. The molecule has 2 aliphatic carbocycles. The Morgan fingerprint density at radius 1 is 0.957 bits per heavy atom. The summed E-state index contributed by atoms with van der Waals surface area (Å²) in [5.41, 5.74) is 0.162. The van der Waals surface area contributed by atoms with Crippen LogP contribution in [0.4, 0.5) is 0 Å². The molecule has 2 bridgehead atoms. The molecule has 0 spiro atoms. The first-order valence-corrected chi connectivity index (χ1v) is 17.4. The third-order valence-corrected chi connectivity index (χ3v) is 11.6. The monoisotopic (exact) mass is 646 g/mol. The molecule has 4 rings (SSSR count). The highest BCUT2D eigenvalue weighted by Gasteiger charge is 2.62. The van der Waals surface area contributed by atoms with Crippen molar-refractivity contribution in [3.8, 4) is 11.5 Å². The number of hydrogen-bond acceptors (Lipinski definition) is 8. The fourth-order valence-electron chi connectivity index (χ4n) is 5.95. The van der Waals surface area contributed by atoms with Crippen molar-refractivity contribution < 1.29 is 38.4 Å². The number of rotatable bonds is 11. The van der Waals surface area contributed by atoms with Gasteiger partial charge in [-0.25, -0.2) is 0 Å². The molecular formula is C38H62O8. The minimum atomic E-state index is -0.474. The largest absolute Gasteiger partial charge is 0.508 e. The van der Waals surface area contributed by atoms with Gasteiger partial charge in [0, 0.05) is 5.41 Å². The maximum absolute atomic E-state index is 11.9. The molecule has 0 aromatic heterocycles. The quantitative estimate of drug-likeness (QED) is 0.188. The van der Waals surface area contributed by atoms with E-state index < -0.39 is 5.41 Å². The smallest absolute Gasteiger partial charge is 0.316 e. The summed E-state index contributed by atoms with van der Waals surface area (Å²) in [7, 11) is 0. The zero-order valence-corrected chi connectivity index (χ0v) is 30.5. The molecule has 0 radical (unpaired) electrons. The second-order valence-corrected chi connectivity index (χ2v) is 15.2. The van der Waals surface area contributed by atoms with Crippen LogP contribution in [0.15, 0.2) is 24.3 Å². The van der Waals surface area contributed by atoms with Crippen molar-refractivity contribution >= 4 is 17.9 Å². The van der Waals surface area contributed by atoms with Crippen molar-refractivity contribution in [3.05, 3.63) is 24.3 Å². The Morgan fingerprint density at radius 3 is 1.93 bits per heavy atom. The Kier molecular flexibility index (Phi) is 14.2. The average molecular weight is 647 g/mol. The van der Waals surface area contributed by atoms with Gasteiger partial charge in [-0.1, -0.05) is 62.3 Å². The van der Waals surface area contributed by atoms with Gasteiger partial charge in [0.1, 0.15) is 24.2 Å². The van der Waals surface area contributed by atoms with Crippen molar-refractivity contribution in [2.75, 3.05) is 19.8 Å². The summed E-state index contributed by atoms with van der Waals surface area (Å²) in [6.45, 7) is 24.6. The first-order chi connectivity index (χ1) is 21.4. The molecule has 1 N–H and O–H groups in total. The van der Waals surface area contributed by atoms with Gasteiger partial charge >= 0.3 is 17.9 Å². The van der Waals surface area contributed by atoms with E-state index in [1.165, 1.54) is 25.0 Å². The van der Waals surface area contributed by atoms with Crippen LogP contribution in [0.25, 0.3) is 0 Å². The minimum absolute atomic E-state index is 0.00192. The second kappa shape index (κ2) is 16.5. The molecular weight excluding hydrogens is 584 g/mol. The molecule has 8 nitrogen and oxygen atoms in total. The van der Waals surface area contributed by atoms with E-state index in [2.05, 4.69) is 27.7 Å². The third kappa shape index (κ3) is 9.48. The molecule has 3 aliphatic rings. The summed E-state index contributed by atoms with van der Waals surface area (Å²) in [6.07, 6.45) is 7.20. The lowest BCUT2D eigenvalue weighted by Gasteiger charge is -2.40. The van der Waals surface area contributed by atoms with Crippen LogP contribution >= 0.6 is 0 Å². The van der Waals surface area contributed by atoms with Crippen LogP contribution in [0.3, 0.4) is 0 Å². The molecule has 5 atom stereocenters. The number of aromatic hydroxyl groups is 1. The van der Waals surface area contributed by atoms with Crippen LogP contribution < -0.4 is 4.74 Å². The van der Waals surface area contributed by atoms with Crippen LogP contribution in [0.1, 0.15) is 121 Å². The highest BCUT2D eigenvalue weighted by atomic mass is 16.6. The molecule has 2 saturated carbocycles. The van der Waals surface area contributed by atoms with Crippen molar-refractivity contribution in [2.24, 2.45) is 39.4 Å². The zero-order valence-electron chi connectivity index (χ0n) is 30.5. The number of ether oxygens (including phenoxy) is 4. The molecule has 1 aromatic rings. The average Bonchev–Trinajstić information content (AvgIpc) is 3.35. The molecule has 1 saturated heterocycles. The van der Waals surface area contributed by atoms with Gasteiger partial charge in [-0.15, -0.1) is 0 Å². The van der Waals surface area contributed by atoms with E-state index in [4.69, 9.17) is 24.1 Å². The van der Waals surface area contributed by atoms with E-state index in [1.54, 1.807) is 12.1 Å². The first-order valence-electron chi connectivity index (χ1n) is 17.4. The number of fused-ring (bicyclic) bond motifs is 2. The summed E-state index contributed by atoms with van der Waals surface area (Å²) in [5, 5.41) is 9.06. The Hall–Kier alpha value is -2.61. The fourth-order valence-corrected chi connectivity index (χ4v) is 5.95. The van der Waals surface area contributed by atoms with Crippen LogP contribution in [-0.2, 0) is 28.6 Å². The molecule has 1 heterocycles. The van der Waals surface area contributed by atoms with E-state index in [-0.39, 0.29) is 52.4 Å². The van der Waals surface area contributed by atoms with Crippen LogP contribution in [0.5, 0.6) is 11.5 Å². The van der Waals surface area contributed by atoms with Crippen molar-refractivity contribution in [1.29, 1.82) is 0 Å². The van der Waals surface area contributed by atoms with Gasteiger partial charge in [0.05, 0.1) is 35.9 Å². The van der Waals surface area contributed by atoms with Gasteiger partial charge < -0.3 is 24.1 Å². The van der Waals surface area contributed by atoms with Gasteiger partial charge in [0.15, 0.2) is 0 Å². The van der Waals surface area contributed by atoms with Crippen LogP contribution in [0, 0.1) is 39.4 Å². The van der Waals surface area contributed by atoms with E-state index in [9.17, 15) is 14.4 Å². The standard InChI is InChI=1S/C15H26O2.C12H16O3.C11H20O3/c1-6-10(2)13(16)17-12-9-11-7-8-15(12,5)14(11,3)4;1-4-12(2,3)11(14)15-10-7-5-9(13)6-8-10;1-4-9(3)10(12)14-8-11(5-2)6-13-7-11/h10-12H,6-9H2,1-5H3;5-8,13H,4H2,1-3H3;9H,4-8H2,1-3H3. The lowest BCUT2D eigenvalue weighted by molar-refractivity contribution is -0.173. The Balaban J connectivity index is 0.000000242. The summed E-state index contributed by atoms with van der Waals surface area (Å²) in [5.74, 6) is 1.09. The lowest BCUT2D eigenvalue weighted by Crippen LogP contribution is -2.46. The van der Waals surface area contributed by atoms with Gasteiger partial charge in [0.25, 0.3) is 0 Å². The molecule has 46 heavy (non-hydrogen) atoms. The van der Waals surface area contributed by atoms with Crippen molar-refractivity contribution in [2.45, 2.75) is 127 Å². The Morgan fingerprint density at radius 2 is 1.52 bits per heavy atom. The number of phenolic OH excluding ortho intramolecular Hbond substituents is 1. The number of phenols is 1. The summed E-state index contributed by atoms with van der Waals surface area (Å²) in [4.78, 5) is 35.0. The normalized spacial score (nSPS) is 24.9. The van der Waals surface area contributed by atoms with Crippen LogP contribution in [-0.4, -0.2) is 48.9 Å². The molecule has 1 aromatic carbocycles. The van der Waals surface area contributed by atoms with E-state index in [0.717, 1.165) is 51.2 Å². The predicted octanol–water partition coefficient (Wildman–Crippen LogP) is 8.53. The van der Waals surface area contributed by atoms with Gasteiger partial charge in [0.2, 0.25) is 0 Å². The molecule has 262 valence electrons. The van der Waals surface area contributed by atoms with Gasteiger partial charge in [-0.05, 0) is 94.4 Å². The molecule has 0 amide bonds. The second-order valence-electron chi connectivity index (χ2n) is 15.2. The summed E-state index contributed by atoms with van der Waals surface area (Å²) >= 11 is 0. The number of benzene rings is 1. The van der Waals surface area contributed by atoms with Gasteiger partial charge in [-0.3, -0.25) is 14.4 Å². The molecule has 8 heteroatoms. The van der Waals surface area contributed by atoms with E-state index in [0.29, 0.717) is 17.8 Å². The van der Waals surface area contributed by atoms with Crippen LogP contribution in [0.2, 0.25) is 0 Å². The number of carbonyl (C=O) groups excluding carboxylic acids is 3. The number of carbonyl (C=O) groups is 3. The molecule has 3 fully saturated rings. The summed E-state index contributed by atoms with van der Waals surface area (Å²) in [6, 6.07) is 6.11. The number of hydrogen-bond donors (Lipinski definition) is 1. The zero-order chi connectivity index (χ0) is 34.9. The topological polar surface area (TPSA) is 108 Å². The lowest BCUT2D eigenvalue weighted by atomic mass is 9.70.